The van der Waals surface area contributed by atoms with Gasteiger partial charge in [0.1, 0.15) is 0 Å². The largest absolute Gasteiger partial charge is 0.378 e. The van der Waals surface area contributed by atoms with Crippen molar-refractivity contribution >= 4 is 5.91 Å². The fourth-order valence-corrected chi connectivity index (χ4v) is 3.05. The first kappa shape index (κ1) is 15.0. The fraction of sp³-hybridized carbons (Fsp3) is 0.625. The molecule has 1 heterocycles. The van der Waals surface area contributed by atoms with Gasteiger partial charge in [0.15, 0.2) is 0 Å². The molecule has 20 heavy (non-hydrogen) atoms. The van der Waals surface area contributed by atoms with Crippen LogP contribution >= 0.6 is 0 Å². The van der Waals surface area contributed by atoms with Crippen molar-refractivity contribution in [1.29, 1.82) is 0 Å². The molecule has 1 aromatic rings. The highest BCUT2D eigenvalue weighted by Gasteiger charge is 2.51. The molecule has 1 aromatic heterocycles. The van der Waals surface area contributed by atoms with E-state index in [9.17, 15) is 4.79 Å². The van der Waals surface area contributed by atoms with Gasteiger partial charge in [0, 0.05) is 37.0 Å². The van der Waals surface area contributed by atoms with Crippen molar-refractivity contribution in [2.45, 2.75) is 46.3 Å². The van der Waals surface area contributed by atoms with Crippen LogP contribution in [0.1, 0.15) is 43.2 Å². The average Bonchev–Trinajstić information content (AvgIpc) is 2.42. The number of aryl methyl sites for hydroxylation is 1. The molecule has 0 bridgehead atoms. The Morgan fingerprint density at radius 3 is 2.80 bits per heavy atom. The van der Waals surface area contributed by atoms with Gasteiger partial charge < -0.3 is 9.64 Å². The Labute approximate surface area is 121 Å². The number of amides is 1. The number of carbonyl (C=O) groups is 1. The Kier molecular flexibility index (Phi) is 4.14. The van der Waals surface area contributed by atoms with Crippen LogP contribution in [-0.4, -0.2) is 41.6 Å². The Balaban J connectivity index is 2.12. The highest BCUT2D eigenvalue weighted by molar-refractivity contribution is 5.95. The molecule has 4 nitrogen and oxygen atoms in total. The summed E-state index contributed by atoms with van der Waals surface area (Å²) >= 11 is 0. The van der Waals surface area contributed by atoms with Crippen LogP contribution in [0.5, 0.6) is 0 Å². The van der Waals surface area contributed by atoms with Gasteiger partial charge in [-0.15, -0.1) is 0 Å². The van der Waals surface area contributed by atoms with Crippen LogP contribution in [0.25, 0.3) is 0 Å². The van der Waals surface area contributed by atoms with E-state index in [-0.39, 0.29) is 23.5 Å². The molecular formula is C16H24N2O2. The number of ether oxygens (including phenoxy) is 1. The van der Waals surface area contributed by atoms with E-state index in [2.05, 4.69) is 18.8 Å². The molecule has 2 rings (SSSR count). The summed E-state index contributed by atoms with van der Waals surface area (Å²) < 4.78 is 5.73. The van der Waals surface area contributed by atoms with Crippen LogP contribution in [0.15, 0.2) is 18.3 Å². The Morgan fingerprint density at radius 2 is 2.25 bits per heavy atom. The zero-order valence-corrected chi connectivity index (χ0v) is 13.0. The van der Waals surface area contributed by atoms with E-state index in [1.165, 1.54) is 0 Å². The van der Waals surface area contributed by atoms with Crippen molar-refractivity contribution in [1.82, 2.24) is 9.88 Å². The normalized spacial score (nSPS) is 24.1. The van der Waals surface area contributed by atoms with Gasteiger partial charge >= 0.3 is 0 Å². The van der Waals surface area contributed by atoms with Gasteiger partial charge in [-0.2, -0.15) is 0 Å². The number of hydrogen-bond donors (Lipinski definition) is 0. The maximum atomic E-state index is 12.6. The van der Waals surface area contributed by atoms with Crippen LogP contribution < -0.4 is 0 Å². The van der Waals surface area contributed by atoms with E-state index in [0.717, 1.165) is 18.7 Å². The van der Waals surface area contributed by atoms with E-state index in [1.807, 2.05) is 37.9 Å². The smallest absolute Gasteiger partial charge is 0.255 e. The summed E-state index contributed by atoms with van der Waals surface area (Å²) in [6.07, 6.45) is 2.86. The van der Waals surface area contributed by atoms with E-state index in [0.29, 0.717) is 5.56 Å². The van der Waals surface area contributed by atoms with Crippen molar-refractivity contribution in [2.75, 3.05) is 13.7 Å². The average molecular weight is 276 g/mol. The van der Waals surface area contributed by atoms with Gasteiger partial charge in [-0.1, -0.05) is 13.8 Å². The zero-order chi connectivity index (χ0) is 14.9. The van der Waals surface area contributed by atoms with E-state index < -0.39 is 0 Å². The third-order valence-electron chi connectivity index (χ3n) is 4.52. The number of hydrogen-bond acceptors (Lipinski definition) is 3. The van der Waals surface area contributed by atoms with Crippen molar-refractivity contribution < 1.29 is 9.53 Å². The fourth-order valence-electron chi connectivity index (χ4n) is 3.05. The molecule has 0 N–H and O–H groups in total. The van der Waals surface area contributed by atoms with Crippen LogP contribution in [-0.2, 0) is 4.74 Å². The summed E-state index contributed by atoms with van der Waals surface area (Å²) in [5.41, 5.74) is 1.46. The molecule has 1 fully saturated rings. The maximum absolute atomic E-state index is 12.6. The highest BCUT2D eigenvalue weighted by Crippen LogP contribution is 2.45. The molecule has 110 valence electrons. The van der Waals surface area contributed by atoms with Crippen molar-refractivity contribution in [3.8, 4) is 0 Å². The molecule has 0 aliphatic heterocycles. The van der Waals surface area contributed by atoms with E-state index >= 15 is 0 Å². The molecule has 1 aliphatic carbocycles. The van der Waals surface area contributed by atoms with E-state index in [4.69, 9.17) is 4.74 Å². The Bertz CT molecular complexity index is 499. The SMILES string of the molecule is CCO[C@@H]1C[C@@H](N(C)C(=O)c2cccnc2C)C1(C)C. The lowest BCUT2D eigenvalue weighted by molar-refractivity contribution is -0.136. The van der Waals surface area contributed by atoms with Crippen LogP contribution in [0, 0.1) is 12.3 Å². The Morgan fingerprint density at radius 1 is 1.55 bits per heavy atom. The van der Waals surface area contributed by atoms with Gasteiger partial charge in [-0.25, -0.2) is 0 Å². The predicted molar refractivity (Wildman–Crippen MR) is 78.7 cm³/mol. The number of rotatable bonds is 4. The predicted octanol–water partition coefficient (Wildman–Crippen LogP) is 2.67. The lowest BCUT2D eigenvalue weighted by Crippen LogP contribution is -2.62. The zero-order valence-electron chi connectivity index (χ0n) is 13.0. The first-order valence-corrected chi connectivity index (χ1v) is 7.20. The molecule has 0 radical (unpaired) electrons. The topological polar surface area (TPSA) is 42.4 Å². The maximum Gasteiger partial charge on any atom is 0.255 e. The lowest BCUT2D eigenvalue weighted by atomic mass is 9.63. The minimum Gasteiger partial charge on any atom is -0.378 e. The third kappa shape index (κ3) is 2.44. The molecule has 0 saturated heterocycles. The van der Waals surface area contributed by atoms with Crippen LogP contribution in [0.4, 0.5) is 0 Å². The van der Waals surface area contributed by atoms with Gasteiger partial charge in [0.2, 0.25) is 0 Å². The third-order valence-corrected chi connectivity index (χ3v) is 4.52. The second kappa shape index (κ2) is 5.52. The molecule has 1 aliphatic rings. The molecule has 0 unspecified atom stereocenters. The lowest BCUT2D eigenvalue weighted by Gasteiger charge is -2.54. The van der Waals surface area contributed by atoms with Gasteiger partial charge in [0.25, 0.3) is 5.91 Å². The summed E-state index contributed by atoms with van der Waals surface area (Å²) in [5, 5.41) is 0. The summed E-state index contributed by atoms with van der Waals surface area (Å²) in [4.78, 5) is 18.6. The van der Waals surface area contributed by atoms with Crippen molar-refractivity contribution in [2.24, 2.45) is 5.41 Å². The molecule has 1 amide bonds. The van der Waals surface area contributed by atoms with Crippen molar-refractivity contribution in [3.05, 3.63) is 29.6 Å². The summed E-state index contributed by atoms with van der Waals surface area (Å²) in [5.74, 6) is 0.0450. The van der Waals surface area contributed by atoms with Crippen LogP contribution in [0.2, 0.25) is 0 Å². The number of carbonyl (C=O) groups excluding carboxylic acids is 1. The van der Waals surface area contributed by atoms with E-state index in [1.54, 1.807) is 6.20 Å². The van der Waals surface area contributed by atoms with Gasteiger partial charge in [0.05, 0.1) is 11.7 Å². The highest BCUT2D eigenvalue weighted by atomic mass is 16.5. The van der Waals surface area contributed by atoms with Gasteiger partial charge in [-0.3, -0.25) is 9.78 Å². The molecule has 4 heteroatoms. The van der Waals surface area contributed by atoms with Gasteiger partial charge in [-0.05, 0) is 32.4 Å². The molecule has 1 saturated carbocycles. The monoisotopic (exact) mass is 276 g/mol. The molecule has 2 atom stereocenters. The number of pyridine rings is 1. The summed E-state index contributed by atoms with van der Waals surface area (Å²) in [6.45, 7) is 8.94. The quantitative estimate of drug-likeness (QED) is 0.849. The second-order valence-corrected chi connectivity index (χ2v) is 6.07. The van der Waals surface area contributed by atoms with Crippen molar-refractivity contribution in [3.63, 3.8) is 0 Å². The minimum absolute atomic E-state index is 0.00344. The Hall–Kier alpha value is -1.42. The number of nitrogens with zero attached hydrogens (tertiary/aromatic N) is 2. The minimum atomic E-state index is -0.00344. The molecule has 0 spiro atoms. The molecular weight excluding hydrogens is 252 g/mol. The first-order valence-electron chi connectivity index (χ1n) is 7.20. The number of aromatic nitrogens is 1. The second-order valence-electron chi connectivity index (χ2n) is 6.07. The standard InChI is InChI=1S/C16H24N2O2/c1-6-20-14-10-13(16(14,3)4)18(5)15(19)12-8-7-9-17-11(12)2/h7-9,13-14H,6,10H2,1-5H3/t13-,14-/m1/s1. The summed E-state index contributed by atoms with van der Waals surface area (Å²) in [6, 6.07) is 3.86. The summed E-state index contributed by atoms with van der Waals surface area (Å²) in [7, 11) is 1.88. The van der Waals surface area contributed by atoms with Crippen LogP contribution in [0.3, 0.4) is 0 Å². The first-order chi connectivity index (χ1) is 9.39. The molecule has 0 aromatic carbocycles.